The Morgan fingerprint density at radius 1 is 1.23 bits per heavy atom. The van der Waals surface area contributed by atoms with E-state index >= 15 is 0 Å². The topological polar surface area (TPSA) is 35.6 Å². The third-order valence-corrected chi connectivity index (χ3v) is 4.35. The van der Waals surface area contributed by atoms with E-state index in [1.54, 1.807) is 0 Å². The number of hydrogen-bond donors (Lipinski definition) is 1. The Morgan fingerprint density at radius 3 is 2.55 bits per heavy atom. The summed E-state index contributed by atoms with van der Waals surface area (Å²) < 4.78 is 0. The zero-order valence-electron chi connectivity index (χ0n) is 13.9. The molecule has 0 saturated carbocycles. The van der Waals surface area contributed by atoms with Gasteiger partial charge in [0.2, 0.25) is 5.91 Å². The predicted molar refractivity (Wildman–Crippen MR) is 90.9 cm³/mol. The van der Waals surface area contributed by atoms with Crippen molar-refractivity contribution in [1.29, 1.82) is 0 Å². The van der Waals surface area contributed by atoms with Gasteiger partial charge in [-0.15, -0.1) is 0 Å². The second kappa shape index (κ2) is 8.91. The van der Waals surface area contributed by atoms with Crippen LogP contribution in [0.4, 0.5) is 0 Å². The smallest absolute Gasteiger partial charge is 0.236 e. The van der Waals surface area contributed by atoms with Crippen molar-refractivity contribution in [2.24, 2.45) is 5.92 Å². The maximum atomic E-state index is 12.2. The number of benzene rings is 1. The minimum absolute atomic E-state index is 0.247. The lowest BCUT2D eigenvalue weighted by molar-refractivity contribution is -0.131. The van der Waals surface area contributed by atoms with Gasteiger partial charge in [0.05, 0.1) is 6.54 Å². The number of carbonyl (C=O) groups excluding carboxylic acids is 1. The SMILES string of the molecule is CN(C)CCNCC(=O)N1CCC(Cc2ccccc2)CC1. The molecule has 0 bridgehead atoms. The maximum Gasteiger partial charge on any atom is 0.236 e. The van der Waals surface area contributed by atoms with Gasteiger partial charge in [0, 0.05) is 26.2 Å². The van der Waals surface area contributed by atoms with E-state index in [0.717, 1.165) is 45.4 Å². The van der Waals surface area contributed by atoms with Crippen LogP contribution in [0, 0.1) is 5.92 Å². The molecule has 1 aromatic rings. The fourth-order valence-electron chi connectivity index (χ4n) is 2.94. The van der Waals surface area contributed by atoms with Crippen molar-refractivity contribution >= 4 is 5.91 Å². The van der Waals surface area contributed by atoms with Crippen molar-refractivity contribution in [3.63, 3.8) is 0 Å². The molecular formula is C18H29N3O. The molecule has 0 aromatic heterocycles. The second-order valence-corrected chi connectivity index (χ2v) is 6.49. The highest BCUT2D eigenvalue weighted by Gasteiger charge is 2.22. The van der Waals surface area contributed by atoms with Crippen LogP contribution in [-0.4, -0.2) is 62.5 Å². The second-order valence-electron chi connectivity index (χ2n) is 6.49. The Hall–Kier alpha value is -1.39. The molecule has 1 amide bonds. The summed E-state index contributed by atoms with van der Waals surface area (Å²) in [6, 6.07) is 10.7. The highest BCUT2D eigenvalue weighted by atomic mass is 16.2. The molecule has 0 atom stereocenters. The number of carbonyl (C=O) groups is 1. The van der Waals surface area contributed by atoms with Crippen molar-refractivity contribution in [1.82, 2.24) is 15.1 Å². The van der Waals surface area contributed by atoms with Crippen LogP contribution in [0.15, 0.2) is 30.3 Å². The monoisotopic (exact) mass is 303 g/mol. The van der Waals surface area contributed by atoms with E-state index < -0.39 is 0 Å². The highest BCUT2D eigenvalue weighted by Crippen LogP contribution is 2.21. The Labute approximate surface area is 134 Å². The first-order chi connectivity index (χ1) is 10.6. The van der Waals surface area contributed by atoms with E-state index in [-0.39, 0.29) is 5.91 Å². The van der Waals surface area contributed by atoms with E-state index in [1.807, 2.05) is 19.0 Å². The van der Waals surface area contributed by atoms with Gasteiger partial charge in [-0.3, -0.25) is 4.79 Å². The molecule has 4 heteroatoms. The van der Waals surface area contributed by atoms with Gasteiger partial charge >= 0.3 is 0 Å². The summed E-state index contributed by atoms with van der Waals surface area (Å²) in [5.41, 5.74) is 1.41. The number of hydrogen-bond acceptors (Lipinski definition) is 3. The van der Waals surface area contributed by atoms with Crippen LogP contribution in [0.25, 0.3) is 0 Å². The van der Waals surface area contributed by atoms with Crippen molar-refractivity contribution in [3.8, 4) is 0 Å². The number of rotatable bonds is 7. The molecule has 22 heavy (non-hydrogen) atoms. The first kappa shape index (κ1) is 17.0. The first-order valence-corrected chi connectivity index (χ1v) is 8.32. The standard InChI is InChI=1S/C18H29N3O/c1-20(2)13-10-19-15-18(22)21-11-8-17(9-12-21)14-16-6-4-3-5-7-16/h3-7,17,19H,8-15H2,1-2H3. The average molecular weight is 303 g/mol. The van der Waals surface area contributed by atoms with E-state index in [1.165, 1.54) is 5.56 Å². The summed E-state index contributed by atoms with van der Waals surface area (Å²) in [7, 11) is 4.09. The van der Waals surface area contributed by atoms with E-state index in [9.17, 15) is 4.79 Å². The highest BCUT2D eigenvalue weighted by molar-refractivity contribution is 5.78. The lowest BCUT2D eigenvalue weighted by Crippen LogP contribution is -2.44. The number of likely N-dealkylation sites (N-methyl/N-ethyl adjacent to an activating group) is 1. The van der Waals surface area contributed by atoms with Crippen molar-refractivity contribution in [2.45, 2.75) is 19.3 Å². The molecule has 1 saturated heterocycles. The van der Waals surface area contributed by atoms with Gasteiger partial charge in [-0.25, -0.2) is 0 Å². The number of amides is 1. The third kappa shape index (κ3) is 5.78. The van der Waals surface area contributed by atoms with E-state index in [2.05, 4.69) is 40.5 Å². The molecule has 0 spiro atoms. The van der Waals surface area contributed by atoms with Crippen LogP contribution in [0.5, 0.6) is 0 Å². The van der Waals surface area contributed by atoms with Gasteiger partial charge in [0.1, 0.15) is 0 Å². The molecule has 1 heterocycles. The fourth-order valence-corrected chi connectivity index (χ4v) is 2.94. The van der Waals surface area contributed by atoms with Crippen molar-refractivity contribution in [2.75, 3.05) is 46.8 Å². The summed E-state index contributed by atoms with van der Waals surface area (Å²) in [6.07, 6.45) is 3.39. The predicted octanol–water partition coefficient (Wildman–Crippen LogP) is 1.62. The zero-order valence-corrected chi connectivity index (χ0v) is 13.9. The molecule has 0 radical (unpaired) electrons. The normalized spacial score (nSPS) is 16.2. The average Bonchev–Trinajstić information content (AvgIpc) is 2.53. The lowest BCUT2D eigenvalue weighted by atomic mass is 9.90. The quantitative estimate of drug-likeness (QED) is 0.778. The number of piperidine rings is 1. The lowest BCUT2D eigenvalue weighted by Gasteiger charge is -2.32. The first-order valence-electron chi connectivity index (χ1n) is 8.32. The van der Waals surface area contributed by atoms with Gasteiger partial charge in [-0.05, 0) is 44.8 Å². The largest absolute Gasteiger partial charge is 0.342 e. The van der Waals surface area contributed by atoms with Gasteiger partial charge in [0.15, 0.2) is 0 Å². The van der Waals surface area contributed by atoms with E-state index in [4.69, 9.17) is 0 Å². The van der Waals surface area contributed by atoms with Crippen LogP contribution >= 0.6 is 0 Å². The molecule has 4 nitrogen and oxygen atoms in total. The molecule has 1 N–H and O–H groups in total. The molecule has 0 unspecified atom stereocenters. The Bertz CT molecular complexity index is 439. The summed E-state index contributed by atoms with van der Waals surface area (Å²) in [5, 5.41) is 3.23. The number of nitrogens with one attached hydrogen (secondary N) is 1. The molecule has 1 aromatic carbocycles. The van der Waals surface area contributed by atoms with Crippen LogP contribution in [0.1, 0.15) is 18.4 Å². The molecule has 2 rings (SSSR count). The van der Waals surface area contributed by atoms with E-state index in [0.29, 0.717) is 12.5 Å². The minimum atomic E-state index is 0.247. The number of nitrogens with zero attached hydrogens (tertiary/aromatic N) is 2. The minimum Gasteiger partial charge on any atom is -0.342 e. The molecule has 0 aliphatic carbocycles. The summed E-state index contributed by atoms with van der Waals surface area (Å²) in [4.78, 5) is 16.3. The summed E-state index contributed by atoms with van der Waals surface area (Å²) >= 11 is 0. The molecule has 1 aliphatic heterocycles. The van der Waals surface area contributed by atoms with Crippen molar-refractivity contribution < 1.29 is 4.79 Å². The van der Waals surface area contributed by atoms with Crippen LogP contribution in [0.2, 0.25) is 0 Å². The maximum absolute atomic E-state index is 12.2. The molecular weight excluding hydrogens is 274 g/mol. The molecule has 1 aliphatic rings. The molecule has 1 fully saturated rings. The third-order valence-electron chi connectivity index (χ3n) is 4.35. The Kier molecular flexibility index (Phi) is 6.87. The van der Waals surface area contributed by atoms with Gasteiger partial charge in [-0.1, -0.05) is 30.3 Å². The zero-order chi connectivity index (χ0) is 15.8. The van der Waals surface area contributed by atoms with Gasteiger partial charge in [0.25, 0.3) is 0 Å². The number of likely N-dealkylation sites (tertiary alicyclic amines) is 1. The van der Waals surface area contributed by atoms with Crippen molar-refractivity contribution in [3.05, 3.63) is 35.9 Å². The Morgan fingerprint density at radius 2 is 1.91 bits per heavy atom. The summed E-state index contributed by atoms with van der Waals surface area (Å²) in [6.45, 7) is 4.12. The van der Waals surface area contributed by atoms with Crippen LogP contribution in [0.3, 0.4) is 0 Å². The van der Waals surface area contributed by atoms with Crippen LogP contribution in [-0.2, 0) is 11.2 Å². The fraction of sp³-hybridized carbons (Fsp3) is 0.611. The van der Waals surface area contributed by atoms with Crippen LogP contribution < -0.4 is 5.32 Å². The van der Waals surface area contributed by atoms with Gasteiger partial charge in [-0.2, -0.15) is 0 Å². The summed E-state index contributed by atoms with van der Waals surface area (Å²) in [5.74, 6) is 0.963. The van der Waals surface area contributed by atoms with Gasteiger partial charge < -0.3 is 15.1 Å². The Balaban J connectivity index is 1.65. The molecule has 122 valence electrons.